The average molecular weight is 369 g/mol. The van der Waals surface area contributed by atoms with Crippen LogP contribution in [0.15, 0.2) is 64.8 Å². The van der Waals surface area contributed by atoms with Crippen molar-refractivity contribution in [3.05, 3.63) is 87.0 Å². The number of carbonyl (C=O) groups excluding carboxylic acids is 2. The normalized spacial score (nSPS) is 16.7. The molecule has 0 bridgehead atoms. The molecule has 0 saturated heterocycles. The molecule has 7 heteroatoms. The summed E-state index contributed by atoms with van der Waals surface area (Å²) in [5.74, 6) is -1.65. The van der Waals surface area contributed by atoms with Gasteiger partial charge in [-0.1, -0.05) is 36.4 Å². The monoisotopic (exact) mass is 369 g/mol. The molecular weight excluding hydrogens is 358 g/mol. The van der Waals surface area contributed by atoms with Gasteiger partial charge in [-0.3, -0.25) is 14.4 Å². The molecule has 0 fully saturated rings. The predicted octanol–water partition coefficient (Wildman–Crippen LogP) is 1.93. The maximum atomic E-state index is 13.5. The summed E-state index contributed by atoms with van der Waals surface area (Å²) < 4.78 is 5.62. The van der Waals surface area contributed by atoms with E-state index in [1.54, 1.807) is 36.4 Å². The minimum Gasteiger partial charge on any atom is -0.439 e. The van der Waals surface area contributed by atoms with Gasteiger partial charge in [0.1, 0.15) is 17.4 Å². The number of allylic oxidation sites excluding steroid dienone is 1. The van der Waals surface area contributed by atoms with Crippen LogP contribution in [0.5, 0.6) is 5.75 Å². The number of benzene rings is 2. The van der Waals surface area contributed by atoms with Crippen LogP contribution in [0.1, 0.15) is 26.3 Å². The lowest BCUT2D eigenvalue weighted by atomic mass is 9.69. The molecule has 3 aromatic rings. The minimum absolute atomic E-state index is 0.0188. The van der Waals surface area contributed by atoms with Crippen molar-refractivity contribution in [2.24, 2.45) is 5.73 Å². The van der Waals surface area contributed by atoms with Crippen LogP contribution >= 0.6 is 0 Å². The highest BCUT2D eigenvalue weighted by molar-refractivity contribution is 6.36. The number of rotatable bonds is 0. The second-order valence-electron chi connectivity index (χ2n) is 6.61. The number of nitriles is 1. The van der Waals surface area contributed by atoms with E-state index in [1.807, 2.05) is 6.07 Å². The molecule has 0 unspecified atom stereocenters. The number of aromatic nitrogens is 1. The number of aromatic amines is 1. The first-order valence-corrected chi connectivity index (χ1v) is 8.44. The maximum Gasteiger partial charge on any atom is 0.257 e. The molecular formula is C21H11N3O4. The van der Waals surface area contributed by atoms with Crippen LogP contribution in [-0.4, -0.2) is 16.6 Å². The topological polar surface area (TPSA) is 126 Å². The highest BCUT2D eigenvalue weighted by atomic mass is 16.5. The zero-order valence-electron chi connectivity index (χ0n) is 14.3. The number of carbonyl (C=O) groups is 2. The fourth-order valence-corrected chi connectivity index (χ4v) is 4.11. The summed E-state index contributed by atoms with van der Waals surface area (Å²) in [5, 5.41) is 10.2. The van der Waals surface area contributed by atoms with Crippen LogP contribution < -0.4 is 16.0 Å². The van der Waals surface area contributed by atoms with Crippen molar-refractivity contribution >= 4 is 22.5 Å². The Balaban J connectivity index is 2.00. The molecule has 0 saturated carbocycles. The highest BCUT2D eigenvalue weighted by Crippen LogP contribution is 2.50. The van der Waals surface area contributed by atoms with Gasteiger partial charge in [-0.05, 0) is 12.1 Å². The number of H-pyrrole nitrogens is 1. The van der Waals surface area contributed by atoms with E-state index < -0.39 is 22.5 Å². The van der Waals surface area contributed by atoms with Crippen molar-refractivity contribution in [1.82, 2.24) is 4.98 Å². The standard InChI is InChI=1S/C21H11N3O4/c22-9-13-19(23)28-16-12-7-3-4-8-14(12)24-20(27)15(16)21(13)17(25)10-5-1-2-6-11(10)18(21)26/h1-8H,23H2,(H,24,27). The summed E-state index contributed by atoms with van der Waals surface area (Å²) in [6, 6.07) is 14.9. The van der Waals surface area contributed by atoms with E-state index >= 15 is 0 Å². The molecule has 28 heavy (non-hydrogen) atoms. The number of ether oxygens (including phenoxy) is 1. The largest absolute Gasteiger partial charge is 0.439 e. The molecule has 7 nitrogen and oxygen atoms in total. The highest BCUT2D eigenvalue weighted by Gasteiger charge is 2.62. The van der Waals surface area contributed by atoms with Crippen LogP contribution in [-0.2, 0) is 5.41 Å². The van der Waals surface area contributed by atoms with E-state index in [0.29, 0.717) is 10.9 Å². The molecule has 0 amide bonds. The Kier molecular flexibility index (Phi) is 2.96. The van der Waals surface area contributed by atoms with Gasteiger partial charge in [0.2, 0.25) is 5.88 Å². The number of ketones is 2. The molecule has 1 aromatic heterocycles. The van der Waals surface area contributed by atoms with Crippen molar-refractivity contribution in [2.45, 2.75) is 5.41 Å². The van der Waals surface area contributed by atoms with Gasteiger partial charge in [0.05, 0.1) is 11.1 Å². The van der Waals surface area contributed by atoms with Crippen LogP contribution in [0.25, 0.3) is 10.9 Å². The van der Waals surface area contributed by atoms with Gasteiger partial charge < -0.3 is 15.5 Å². The van der Waals surface area contributed by atoms with Crippen molar-refractivity contribution in [3.63, 3.8) is 0 Å². The van der Waals surface area contributed by atoms with Crippen molar-refractivity contribution in [2.75, 3.05) is 0 Å². The lowest BCUT2D eigenvalue weighted by Crippen LogP contribution is -2.48. The fourth-order valence-electron chi connectivity index (χ4n) is 4.11. The summed E-state index contributed by atoms with van der Waals surface area (Å²) in [6.07, 6.45) is 0. The third-order valence-electron chi connectivity index (χ3n) is 5.29. The first kappa shape index (κ1) is 16.0. The number of nitrogens with one attached hydrogen (secondary N) is 1. The van der Waals surface area contributed by atoms with Gasteiger partial charge in [-0.25, -0.2) is 0 Å². The Morgan fingerprint density at radius 3 is 2.21 bits per heavy atom. The molecule has 2 heterocycles. The maximum absolute atomic E-state index is 13.5. The van der Waals surface area contributed by atoms with Gasteiger partial charge >= 0.3 is 0 Å². The van der Waals surface area contributed by atoms with Gasteiger partial charge in [-0.2, -0.15) is 5.26 Å². The number of nitrogens with zero attached hydrogens (tertiary/aromatic N) is 1. The molecule has 2 aliphatic rings. The Morgan fingerprint density at radius 1 is 0.964 bits per heavy atom. The van der Waals surface area contributed by atoms with Gasteiger partial charge in [0, 0.05) is 16.5 Å². The van der Waals surface area contributed by atoms with Gasteiger partial charge in [0.15, 0.2) is 17.0 Å². The number of fused-ring (bicyclic) bond motifs is 5. The number of hydrogen-bond acceptors (Lipinski definition) is 6. The Hall–Kier alpha value is -4.18. The Bertz CT molecular complexity index is 1340. The molecule has 1 spiro atoms. The first-order chi connectivity index (χ1) is 13.5. The lowest BCUT2D eigenvalue weighted by molar-refractivity contribution is 0.0815. The van der Waals surface area contributed by atoms with Gasteiger partial charge in [0.25, 0.3) is 5.56 Å². The average Bonchev–Trinajstić information content (AvgIpc) is 2.91. The van der Waals surface area contributed by atoms with E-state index in [0.717, 1.165) is 0 Å². The molecule has 2 aromatic carbocycles. The third kappa shape index (κ3) is 1.65. The van der Waals surface area contributed by atoms with Crippen molar-refractivity contribution in [1.29, 1.82) is 5.26 Å². The van der Waals surface area contributed by atoms with Crippen LogP contribution in [0.2, 0.25) is 0 Å². The van der Waals surface area contributed by atoms with Crippen LogP contribution in [0.3, 0.4) is 0 Å². The minimum atomic E-state index is -2.15. The van der Waals surface area contributed by atoms with E-state index in [1.165, 1.54) is 12.1 Å². The number of nitrogens with two attached hydrogens (primary N) is 1. The second-order valence-corrected chi connectivity index (χ2v) is 6.61. The molecule has 0 atom stereocenters. The van der Waals surface area contributed by atoms with E-state index in [9.17, 15) is 19.6 Å². The SMILES string of the molecule is N#CC1=C(N)Oc2c(c(=O)[nH]c3ccccc23)C12C(=O)c1ccccc1C2=O. The predicted molar refractivity (Wildman–Crippen MR) is 98.8 cm³/mol. The molecule has 1 aliphatic carbocycles. The third-order valence-corrected chi connectivity index (χ3v) is 5.29. The molecule has 1 aliphatic heterocycles. The zero-order chi connectivity index (χ0) is 19.6. The van der Waals surface area contributed by atoms with Gasteiger partial charge in [-0.15, -0.1) is 0 Å². The summed E-state index contributed by atoms with van der Waals surface area (Å²) in [4.78, 5) is 42.7. The summed E-state index contributed by atoms with van der Waals surface area (Å²) in [6.45, 7) is 0. The van der Waals surface area contributed by atoms with Crippen LogP contribution in [0.4, 0.5) is 0 Å². The molecule has 5 rings (SSSR count). The second kappa shape index (κ2) is 5.18. The van der Waals surface area contributed by atoms with E-state index in [-0.39, 0.29) is 33.9 Å². The number of pyridine rings is 1. The quantitative estimate of drug-likeness (QED) is 0.583. The first-order valence-electron chi connectivity index (χ1n) is 8.44. The van der Waals surface area contributed by atoms with E-state index in [4.69, 9.17) is 10.5 Å². The van der Waals surface area contributed by atoms with Crippen molar-refractivity contribution in [3.8, 4) is 11.8 Å². The fraction of sp³-hybridized carbons (Fsp3) is 0.0476. The Morgan fingerprint density at radius 2 is 1.57 bits per heavy atom. The zero-order valence-corrected chi connectivity index (χ0v) is 14.3. The summed E-state index contributed by atoms with van der Waals surface area (Å²) in [7, 11) is 0. The van der Waals surface area contributed by atoms with Crippen LogP contribution in [0, 0.1) is 11.3 Å². The lowest BCUT2D eigenvalue weighted by Gasteiger charge is -2.32. The van der Waals surface area contributed by atoms with Crippen molar-refractivity contribution < 1.29 is 14.3 Å². The summed E-state index contributed by atoms with van der Waals surface area (Å²) >= 11 is 0. The Labute approximate surface area is 157 Å². The summed E-state index contributed by atoms with van der Waals surface area (Å²) in [5.41, 5.74) is 3.34. The molecule has 134 valence electrons. The number of Topliss-reactive ketones (excluding diaryl/α,β-unsaturated/α-hetero) is 2. The number of para-hydroxylation sites is 1. The molecule has 3 N–H and O–H groups in total. The smallest absolute Gasteiger partial charge is 0.257 e. The molecule has 0 radical (unpaired) electrons. The van der Waals surface area contributed by atoms with E-state index in [2.05, 4.69) is 4.98 Å². The number of hydrogen-bond donors (Lipinski definition) is 2.